The molecule has 11 heteroatoms. The Balaban J connectivity index is 1.33. The van der Waals surface area contributed by atoms with Crippen molar-refractivity contribution in [1.82, 2.24) is 14.7 Å². The average Bonchev–Trinajstić information content (AvgIpc) is 2.97. The van der Waals surface area contributed by atoms with Crippen LogP contribution in [0.1, 0.15) is 16.7 Å². The normalized spacial score (nSPS) is 12.0. The second-order valence-electron chi connectivity index (χ2n) is 9.27. The van der Waals surface area contributed by atoms with E-state index < -0.39 is 32.5 Å². The molecule has 0 unspecified atom stereocenters. The van der Waals surface area contributed by atoms with Crippen LogP contribution in [0.3, 0.4) is 0 Å². The van der Waals surface area contributed by atoms with E-state index in [1.54, 1.807) is 12.1 Å². The molecule has 0 radical (unpaired) electrons. The fourth-order valence-corrected chi connectivity index (χ4v) is 5.42. The summed E-state index contributed by atoms with van der Waals surface area (Å²) in [6, 6.07) is 23.4. The van der Waals surface area contributed by atoms with Crippen molar-refractivity contribution in [3.05, 3.63) is 120 Å². The monoisotopic (exact) mass is 580 g/mol. The molecular formula is C30H24F4N4O2S. The third-order valence-electron chi connectivity index (χ3n) is 6.48. The molecular weight excluding hydrogens is 556 g/mol. The number of hydrogen-bond acceptors (Lipinski definition) is 5. The van der Waals surface area contributed by atoms with Gasteiger partial charge in [-0.1, -0.05) is 48.5 Å². The summed E-state index contributed by atoms with van der Waals surface area (Å²) >= 11 is 0. The number of nitrogens with zero attached hydrogens (tertiary/aromatic N) is 2. The molecule has 0 amide bonds. The molecule has 0 aliphatic heterocycles. The maximum atomic E-state index is 14.7. The number of rotatable bonds is 9. The highest BCUT2D eigenvalue weighted by molar-refractivity contribution is 7.89. The molecule has 0 aliphatic carbocycles. The SMILES string of the molecule is O=S(=O)(NCCc1cc(-c2ccc3ncnc(NCc4ccccc4)c3c2)ccc1F)c1cccc(C(F)(F)F)c1. The van der Waals surface area contributed by atoms with Crippen LogP contribution in [0.5, 0.6) is 0 Å². The minimum absolute atomic E-state index is 0.0154. The maximum Gasteiger partial charge on any atom is 0.416 e. The molecule has 2 N–H and O–H groups in total. The van der Waals surface area contributed by atoms with E-state index in [1.165, 1.54) is 12.4 Å². The van der Waals surface area contributed by atoms with E-state index in [4.69, 9.17) is 0 Å². The van der Waals surface area contributed by atoms with Crippen LogP contribution < -0.4 is 10.0 Å². The van der Waals surface area contributed by atoms with E-state index in [0.717, 1.165) is 40.2 Å². The zero-order chi connectivity index (χ0) is 29.0. The molecule has 0 saturated heterocycles. The van der Waals surface area contributed by atoms with Crippen molar-refractivity contribution >= 4 is 26.7 Å². The summed E-state index contributed by atoms with van der Waals surface area (Å²) in [4.78, 5) is 8.20. The number of benzene rings is 4. The van der Waals surface area contributed by atoms with E-state index in [-0.39, 0.29) is 18.5 Å². The molecule has 210 valence electrons. The Morgan fingerprint density at radius 3 is 2.34 bits per heavy atom. The molecule has 0 bridgehead atoms. The standard InChI is InChI=1S/C30H24F4N4O2S/c31-27-11-9-21(15-23(27)13-14-38-41(39,40)25-8-4-7-24(17-25)30(32,33)34)22-10-12-28-26(16-22)29(37-19-36-28)35-18-20-5-2-1-3-6-20/h1-12,15-17,19,38H,13-14,18H2,(H,35,36,37). The van der Waals surface area contributed by atoms with Gasteiger partial charge in [0.1, 0.15) is 18.0 Å². The second kappa shape index (κ2) is 11.6. The van der Waals surface area contributed by atoms with Crippen LogP contribution in [0.25, 0.3) is 22.0 Å². The first-order valence-electron chi connectivity index (χ1n) is 12.6. The first-order valence-corrected chi connectivity index (χ1v) is 14.1. The summed E-state index contributed by atoms with van der Waals surface area (Å²) in [5, 5.41) is 4.11. The largest absolute Gasteiger partial charge is 0.416 e. The number of fused-ring (bicyclic) bond motifs is 1. The van der Waals surface area contributed by atoms with E-state index in [1.807, 2.05) is 48.5 Å². The first-order chi connectivity index (χ1) is 19.6. The topological polar surface area (TPSA) is 84.0 Å². The van der Waals surface area contributed by atoms with Gasteiger partial charge in [-0.25, -0.2) is 27.5 Å². The van der Waals surface area contributed by atoms with Gasteiger partial charge < -0.3 is 5.32 Å². The quantitative estimate of drug-likeness (QED) is 0.192. The highest BCUT2D eigenvalue weighted by Crippen LogP contribution is 2.31. The summed E-state index contributed by atoms with van der Waals surface area (Å²) in [7, 11) is -4.24. The Morgan fingerprint density at radius 2 is 1.56 bits per heavy atom. The van der Waals surface area contributed by atoms with Gasteiger partial charge in [0.2, 0.25) is 10.0 Å². The van der Waals surface area contributed by atoms with Gasteiger partial charge in [-0.15, -0.1) is 0 Å². The van der Waals surface area contributed by atoms with Crippen LogP contribution in [0.4, 0.5) is 23.4 Å². The maximum absolute atomic E-state index is 14.7. The van der Waals surface area contributed by atoms with Gasteiger partial charge >= 0.3 is 6.18 Å². The van der Waals surface area contributed by atoms with Crippen molar-refractivity contribution in [3.8, 4) is 11.1 Å². The van der Waals surface area contributed by atoms with Crippen molar-refractivity contribution in [2.75, 3.05) is 11.9 Å². The van der Waals surface area contributed by atoms with Gasteiger partial charge in [0.05, 0.1) is 16.0 Å². The van der Waals surface area contributed by atoms with Gasteiger partial charge in [0.15, 0.2) is 0 Å². The molecule has 0 saturated carbocycles. The lowest BCUT2D eigenvalue weighted by atomic mass is 10.00. The Morgan fingerprint density at radius 1 is 0.805 bits per heavy atom. The number of aromatic nitrogens is 2. The molecule has 0 fully saturated rings. The fourth-order valence-electron chi connectivity index (χ4n) is 4.35. The molecule has 1 aromatic heterocycles. The van der Waals surface area contributed by atoms with Gasteiger partial charge in [0, 0.05) is 18.5 Å². The summed E-state index contributed by atoms with van der Waals surface area (Å²) in [5.74, 6) is 0.119. The zero-order valence-electron chi connectivity index (χ0n) is 21.5. The molecule has 4 aromatic carbocycles. The van der Waals surface area contributed by atoms with Crippen LogP contribution in [-0.2, 0) is 29.2 Å². The van der Waals surface area contributed by atoms with Crippen molar-refractivity contribution in [2.24, 2.45) is 0 Å². The molecule has 5 rings (SSSR count). The Kier molecular flexibility index (Phi) is 8.00. The fraction of sp³-hybridized carbons (Fsp3) is 0.133. The number of alkyl halides is 3. The molecule has 0 aliphatic rings. The van der Waals surface area contributed by atoms with Gasteiger partial charge in [-0.3, -0.25) is 0 Å². The predicted molar refractivity (Wildman–Crippen MR) is 149 cm³/mol. The summed E-state index contributed by atoms with van der Waals surface area (Å²) in [6.07, 6.45) is -3.22. The van der Waals surface area contributed by atoms with Crippen molar-refractivity contribution in [2.45, 2.75) is 24.0 Å². The van der Waals surface area contributed by atoms with Crippen LogP contribution in [0.15, 0.2) is 102 Å². The lowest BCUT2D eigenvalue weighted by molar-refractivity contribution is -0.137. The molecule has 0 atom stereocenters. The second-order valence-corrected chi connectivity index (χ2v) is 11.0. The third kappa shape index (κ3) is 6.69. The van der Waals surface area contributed by atoms with Crippen LogP contribution in [0.2, 0.25) is 0 Å². The molecule has 0 spiro atoms. The number of halogens is 4. The summed E-state index contributed by atoms with van der Waals surface area (Å²) in [6.45, 7) is 0.354. The minimum Gasteiger partial charge on any atom is -0.365 e. The van der Waals surface area contributed by atoms with E-state index in [9.17, 15) is 26.0 Å². The smallest absolute Gasteiger partial charge is 0.365 e. The van der Waals surface area contributed by atoms with Crippen LogP contribution in [0, 0.1) is 5.82 Å². The Hall–Kier alpha value is -4.35. The molecule has 41 heavy (non-hydrogen) atoms. The lowest BCUT2D eigenvalue weighted by Crippen LogP contribution is -2.26. The van der Waals surface area contributed by atoms with Crippen molar-refractivity contribution in [3.63, 3.8) is 0 Å². The highest BCUT2D eigenvalue weighted by Gasteiger charge is 2.31. The number of hydrogen-bond donors (Lipinski definition) is 2. The first kappa shape index (κ1) is 28.2. The number of sulfonamides is 1. The van der Waals surface area contributed by atoms with Gasteiger partial charge in [-0.2, -0.15) is 13.2 Å². The Labute approximate surface area is 234 Å². The molecule has 5 aromatic rings. The van der Waals surface area contributed by atoms with Crippen molar-refractivity contribution < 1.29 is 26.0 Å². The molecule has 1 heterocycles. The van der Waals surface area contributed by atoms with Gasteiger partial charge in [0.25, 0.3) is 0 Å². The van der Waals surface area contributed by atoms with Crippen LogP contribution in [-0.4, -0.2) is 24.9 Å². The Bertz CT molecular complexity index is 1800. The highest BCUT2D eigenvalue weighted by atomic mass is 32.2. The lowest BCUT2D eigenvalue weighted by Gasteiger charge is -2.12. The summed E-state index contributed by atoms with van der Waals surface area (Å²) < 4.78 is 81.1. The average molecular weight is 581 g/mol. The van der Waals surface area contributed by atoms with E-state index >= 15 is 0 Å². The number of nitrogens with one attached hydrogen (secondary N) is 2. The third-order valence-corrected chi connectivity index (χ3v) is 7.93. The van der Waals surface area contributed by atoms with E-state index in [0.29, 0.717) is 24.0 Å². The van der Waals surface area contributed by atoms with Crippen LogP contribution >= 0.6 is 0 Å². The molecule has 6 nitrogen and oxygen atoms in total. The van der Waals surface area contributed by atoms with E-state index in [2.05, 4.69) is 20.0 Å². The number of anilines is 1. The zero-order valence-corrected chi connectivity index (χ0v) is 22.3. The predicted octanol–water partition coefficient (Wildman–Crippen LogP) is 6.59. The summed E-state index contributed by atoms with van der Waals surface area (Å²) in [5.41, 5.74) is 2.47. The minimum atomic E-state index is -4.68. The van der Waals surface area contributed by atoms with Crippen molar-refractivity contribution in [1.29, 1.82) is 0 Å². The van der Waals surface area contributed by atoms with Gasteiger partial charge in [-0.05, 0) is 71.1 Å².